The second kappa shape index (κ2) is 12.6. The predicted molar refractivity (Wildman–Crippen MR) is 186 cm³/mol. The minimum Gasteiger partial charge on any atom is -0.505 e. The SMILES string of the molecule is Nc1cc2c(O)c(N=Nc3ccc(N=Nc4ccc5c(S(=O)(=O)O)cccc5c4)c4ccc(S(=O)(=O)O)cc34)c(S(=O)(=O)O)cc2cc1S(=O)(=O)O. The molecule has 0 radical (unpaired) electrons. The summed E-state index contributed by atoms with van der Waals surface area (Å²) in [6.07, 6.45) is 0. The van der Waals surface area contributed by atoms with Crippen molar-refractivity contribution >= 4 is 101 Å². The molecule has 0 aliphatic carbocycles. The van der Waals surface area contributed by atoms with Crippen LogP contribution in [0, 0.1) is 0 Å². The Morgan fingerprint density at radius 1 is 0.481 bits per heavy atom. The number of hydrogen-bond acceptors (Lipinski definition) is 14. The fraction of sp³-hybridized carbons (Fsp3) is 0. The third kappa shape index (κ3) is 7.04. The molecule has 6 aromatic carbocycles. The molecule has 0 fully saturated rings. The molecular weight excluding hydrogens is 767 g/mol. The van der Waals surface area contributed by atoms with Gasteiger partial charge in [-0.1, -0.05) is 24.3 Å². The Balaban J connectivity index is 1.49. The number of rotatable bonds is 8. The number of fused-ring (bicyclic) bond motifs is 3. The molecule has 0 saturated carbocycles. The van der Waals surface area contributed by atoms with E-state index in [1.165, 1.54) is 48.5 Å². The smallest absolute Gasteiger partial charge is 0.296 e. The Kier molecular flexibility index (Phi) is 8.83. The quantitative estimate of drug-likeness (QED) is 0.0564. The van der Waals surface area contributed by atoms with Gasteiger partial charge in [0.05, 0.1) is 27.6 Å². The summed E-state index contributed by atoms with van der Waals surface area (Å²) in [5.41, 5.74) is 4.59. The molecule has 6 rings (SSSR count). The summed E-state index contributed by atoms with van der Waals surface area (Å²) in [6.45, 7) is 0. The number of hydrogen-bond donors (Lipinski definition) is 6. The van der Waals surface area contributed by atoms with Gasteiger partial charge in [0.2, 0.25) is 0 Å². The van der Waals surface area contributed by atoms with Gasteiger partial charge in [0.25, 0.3) is 40.5 Å². The molecular formula is C30H21N5O13S4. The van der Waals surface area contributed by atoms with Gasteiger partial charge in [-0.3, -0.25) is 18.2 Å². The van der Waals surface area contributed by atoms with Gasteiger partial charge in [0.1, 0.15) is 20.4 Å². The van der Waals surface area contributed by atoms with E-state index in [1.54, 1.807) is 6.07 Å². The number of anilines is 1. The number of phenols is 1. The summed E-state index contributed by atoms with van der Waals surface area (Å²) < 4.78 is 134. The Hall–Kier alpha value is -5.46. The first-order valence-electron chi connectivity index (χ1n) is 14.0. The number of azo groups is 2. The van der Waals surface area contributed by atoms with Crippen LogP contribution in [0.4, 0.5) is 28.4 Å². The molecule has 0 spiro atoms. The molecule has 0 atom stereocenters. The van der Waals surface area contributed by atoms with Crippen LogP contribution in [-0.4, -0.2) is 57.0 Å². The van der Waals surface area contributed by atoms with E-state index in [0.29, 0.717) is 5.39 Å². The van der Waals surface area contributed by atoms with Gasteiger partial charge >= 0.3 is 0 Å². The van der Waals surface area contributed by atoms with Gasteiger partial charge in [-0.25, -0.2) is 0 Å². The van der Waals surface area contributed by atoms with Crippen LogP contribution in [0.15, 0.2) is 125 Å². The first-order chi connectivity index (χ1) is 24.1. The van der Waals surface area contributed by atoms with Gasteiger partial charge in [0.15, 0.2) is 5.75 Å². The normalized spacial score (nSPS) is 13.2. The first kappa shape index (κ1) is 36.3. The van der Waals surface area contributed by atoms with Crippen LogP contribution in [0.2, 0.25) is 0 Å². The van der Waals surface area contributed by atoms with Gasteiger partial charge in [-0.2, -0.15) is 38.8 Å². The zero-order valence-corrected chi connectivity index (χ0v) is 28.9. The summed E-state index contributed by atoms with van der Waals surface area (Å²) in [5.74, 6) is -0.921. The third-order valence-corrected chi connectivity index (χ3v) is 11.1. The largest absolute Gasteiger partial charge is 0.505 e. The molecule has 7 N–H and O–H groups in total. The summed E-state index contributed by atoms with van der Waals surface area (Å²) in [4.78, 5) is -2.72. The Morgan fingerprint density at radius 2 is 1.08 bits per heavy atom. The molecule has 6 aromatic rings. The van der Waals surface area contributed by atoms with Crippen LogP contribution < -0.4 is 5.73 Å². The van der Waals surface area contributed by atoms with Crippen LogP contribution in [0.5, 0.6) is 5.75 Å². The van der Waals surface area contributed by atoms with E-state index in [0.717, 1.165) is 30.3 Å². The van der Waals surface area contributed by atoms with Crippen molar-refractivity contribution in [1.82, 2.24) is 0 Å². The van der Waals surface area contributed by atoms with Crippen LogP contribution in [-0.2, 0) is 40.5 Å². The zero-order valence-electron chi connectivity index (χ0n) is 25.6. The maximum atomic E-state index is 12.3. The van der Waals surface area contributed by atoms with Gasteiger partial charge in [-0.15, -0.1) is 15.3 Å². The van der Waals surface area contributed by atoms with Crippen LogP contribution in [0.1, 0.15) is 0 Å². The average Bonchev–Trinajstić information content (AvgIpc) is 3.04. The van der Waals surface area contributed by atoms with E-state index in [4.69, 9.17) is 5.73 Å². The highest BCUT2D eigenvalue weighted by Gasteiger charge is 2.25. The summed E-state index contributed by atoms with van der Waals surface area (Å²) in [6, 6.07) is 17.0. The fourth-order valence-corrected chi connectivity index (χ4v) is 7.79. The molecule has 0 saturated heterocycles. The highest BCUT2D eigenvalue weighted by molar-refractivity contribution is 7.86. The standard InChI is InChI=1S/C30H21N5O13S4/c31-23-14-21-16(11-27(23)51(43,44)45)12-28(52(46,47)48)29(30(21)36)35-34-25-9-8-24(20-7-5-18(13-22(20)25)49(37,38)39)33-32-17-4-6-19-15(10-17)2-1-3-26(19)50(40,41)42/h1-14,36H,31H2,(H,37,38,39)(H,40,41,42)(H,43,44,45)(H,46,47,48). The molecule has 268 valence electrons. The predicted octanol–water partition coefficient (Wildman–Crippen LogP) is 6.25. The molecule has 0 aliphatic heterocycles. The van der Waals surface area contributed by atoms with Crippen molar-refractivity contribution in [1.29, 1.82) is 0 Å². The molecule has 0 bridgehead atoms. The van der Waals surface area contributed by atoms with Crippen LogP contribution >= 0.6 is 0 Å². The number of aromatic hydroxyl groups is 1. The molecule has 18 nitrogen and oxygen atoms in total. The van der Waals surface area contributed by atoms with Crippen LogP contribution in [0.3, 0.4) is 0 Å². The van der Waals surface area contributed by atoms with E-state index < -0.39 is 72.3 Å². The Morgan fingerprint density at radius 3 is 1.71 bits per heavy atom. The van der Waals surface area contributed by atoms with Crippen molar-refractivity contribution < 1.29 is 57.0 Å². The summed E-state index contributed by atoms with van der Waals surface area (Å²) >= 11 is 0. The van der Waals surface area contributed by atoms with Crippen molar-refractivity contribution in [2.24, 2.45) is 20.5 Å². The molecule has 0 unspecified atom stereocenters. The first-order valence-corrected chi connectivity index (χ1v) is 19.8. The van der Waals surface area contributed by atoms with E-state index >= 15 is 0 Å². The van der Waals surface area contributed by atoms with Crippen molar-refractivity contribution in [2.75, 3.05) is 5.73 Å². The molecule has 52 heavy (non-hydrogen) atoms. The molecule has 0 aromatic heterocycles. The lowest BCUT2D eigenvalue weighted by Crippen LogP contribution is -2.04. The maximum Gasteiger partial charge on any atom is 0.296 e. The molecule has 0 aliphatic rings. The van der Waals surface area contributed by atoms with E-state index in [9.17, 15) is 57.0 Å². The van der Waals surface area contributed by atoms with Crippen molar-refractivity contribution in [3.05, 3.63) is 84.9 Å². The van der Waals surface area contributed by atoms with Crippen molar-refractivity contribution in [3.8, 4) is 5.75 Å². The summed E-state index contributed by atoms with van der Waals surface area (Å²) in [7, 11) is -19.3. The number of benzene rings is 6. The second-order valence-electron chi connectivity index (χ2n) is 11.0. The highest BCUT2D eigenvalue weighted by Crippen LogP contribution is 2.44. The Bertz CT molecular complexity index is 3040. The van der Waals surface area contributed by atoms with Crippen molar-refractivity contribution in [3.63, 3.8) is 0 Å². The van der Waals surface area contributed by atoms with E-state index in [1.807, 2.05) is 0 Å². The maximum absolute atomic E-state index is 12.3. The summed E-state index contributed by atoms with van der Waals surface area (Å²) in [5, 5.41) is 27.5. The lowest BCUT2D eigenvalue weighted by molar-refractivity contribution is 0.472. The zero-order chi connectivity index (χ0) is 38.0. The molecule has 0 heterocycles. The number of nitrogen functional groups attached to an aromatic ring is 1. The van der Waals surface area contributed by atoms with Gasteiger partial charge in [-0.05, 0) is 71.4 Å². The molecule has 22 heteroatoms. The number of nitrogens with two attached hydrogens (primary N) is 1. The topological polar surface area (TPSA) is 313 Å². The van der Waals surface area contributed by atoms with Gasteiger partial charge in [0, 0.05) is 21.5 Å². The van der Waals surface area contributed by atoms with E-state index in [2.05, 4.69) is 20.5 Å². The monoisotopic (exact) mass is 787 g/mol. The molecule has 0 amide bonds. The lowest BCUT2D eigenvalue weighted by Gasteiger charge is -2.11. The Labute approximate surface area is 293 Å². The minimum absolute atomic E-state index is 0.0256. The van der Waals surface area contributed by atoms with Crippen LogP contribution in [0.25, 0.3) is 32.3 Å². The highest BCUT2D eigenvalue weighted by atomic mass is 32.2. The number of phenolic OH excluding ortho intramolecular Hbond substituents is 1. The van der Waals surface area contributed by atoms with Crippen molar-refractivity contribution in [2.45, 2.75) is 19.6 Å². The fourth-order valence-electron chi connectivity index (χ4n) is 5.28. The third-order valence-electron chi connectivity index (χ3n) is 7.61. The van der Waals surface area contributed by atoms with Gasteiger partial charge < -0.3 is 10.8 Å². The second-order valence-corrected chi connectivity index (χ2v) is 16.5. The lowest BCUT2D eigenvalue weighted by atomic mass is 10.1. The number of nitrogens with zero attached hydrogens (tertiary/aromatic N) is 4. The minimum atomic E-state index is -5.18. The van der Waals surface area contributed by atoms with E-state index in [-0.39, 0.29) is 48.9 Å². The average molecular weight is 788 g/mol.